The van der Waals surface area contributed by atoms with Crippen LogP contribution in [0.5, 0.6) is 0 Å². The minimum absolute atomic E-state index is 0.0969. The predicted octanol–water partition coefficient (Wildman–Crippen LogP) is 3.83. The summed E-state index contributed by atoms with van der Waals surface area (Å²) in [5.74, 6) is 1.61. The van der Waals surface area contributed by atoms with E-state index in [1.807, 2.05) is 26.1 Å². The highest BCUT2D eigenvalue weighted by atomic mass is 16.6. The van der Waals surface area contributed by atoms with E-state index in [1.54, 1.807) is 12.1 Å². The average molecular weight is 274 g/mol. The van der Waals surface area contributed by atoms with E-state index in [1.165, 1.54) is 6.07 Å². The third-order valence-electron chi connectivity index (χ3n) is 3.41. The van der Waals surface area contributed by atoms with Gasteiger partial charge < -0.3 is 9.73 Å². The molecule has 5 heteroatoms. The van der Waals surface area contributed by atoms with E-state index >= 15 is 0 Å². The second kappa shape index (κ2) is 5.88. The molecule has 1 aromatic heterocycles. The van der Waals surface area contributed by atoms with Crippen LogP contribution in [0, 0.1) is 17.0 Å². The molecule has 0 aliphatic carbocycles. The Kier molecular flexibility index (Phi) is 4.20. The molecule has 106 valence electrons. The van der Waals surface area contributed by atoms with Gasteiger partial charge in [-0.15, -0.1) is 0 Å². The van der Waals surface area contributed by atoms with Gasteiger partial charge >= 0.3 is 0 Å². The van der Waals surface area contributed by atoms with E-state index in [0.29, 0.717) is 0 Å². The van der Waals surface area contributed by atoms with Crippen molar-refractivity contribution >= 4 is 5.69 Å². The fourth-order valence-electron chi connectivity index (χ4n) is 2.27. The molecule has 2 rings (SSSR count). The molecule has 2 aromatic rings. The molecule has 0 aliphatic heterocycles. The molecule has 20 heavy (non-hydrogen) atoms. The molecule has 5 nitrogen and oxygen atoms in total. The van der Waals surface area contributed by atoms with Gasteiger partial charge in [-0.05, 0) is 44.2 Å². The van der Waals surface area contributed by atoms with Crippen LogP contribution in [-0.4, -0.2) is 12.0 Å². The Morgan fingerprint density at radius 2 is 2.10 bits per heavy atom. The molecule has 1 N–H and O–H groups in total. The van der Waals surface area contributed by atoms with Crippen LogP contribution >= 0.6 is 0 Å². The summed E-state index contributed by atoms with van der Waals surface area (Å²) in [5.41, 5.74) is 1.81. The molecule has 1 heterocycles. The van der Waals surface area contributed by atoms with Gasteiger partial charge in [0.2, 0.25) is 0 Å². The quantitative estimate of drug-likeness (QED) is 0.664. The summed E-state index contributed by atoms with van der Waals surface area (Å²) >= 11 is 0. The first-order chi connectivity index (χ1) is 9.56. The van der Waals surface area contributed by atoms with E-state index in [-0.39, 0.29) is 11.7 Å². The van der Waals surface area contributed by atoms with Crippen LogP contribution in [0.1, 0.15) is 30.7 Å². The molecule has 0 fully saturated rings. The third-order valence-corrected chi connectivity index (χ3v) is 3.41. The normalized spacial score (nSPS) is 12.3. The van der Waals surface area contributed by atoms with Crippen LogP contribution in [0.25, 0.3) is 11.3 Å². The predicted molar refractivity (Wildman–Crippen MR) is 77.6 cm³/mol. The number of nitro benzene ring substituents is 1. The molecule has 0 radical (unpaired) electrons. The number of benzene rings is 1. The number of furan rings is 1. The number of rotatable bonds is 5. The lowest BCUT2D eigenvalue weighted by molar-refractivity contribution is -0.384. The lowest BCUT2D eigenvalue weighted by Crippen LogP contribution is -2.14. The van der Waals surface area contributed by atoms with Gasteiger partial charge in [-0.1, -0.05) is 6.92 Å². The maximum absolute atomic E-state index is 10.7. The molecule has 0 aliphatic rings. The summed E-state index contributed by atoms with van der Waals surface area (Å²) in [6.45, 7) is 3.93. The van der Waals surface area contributed by atoms with Crippen molar-refractivity contribution in [1.29, 1.82) is 0 Å². The smallest absolute Gasteiger partial charge is 0.269 e. The van der Waals surface area contributed by atoms with Crippen LogP contribution in [0.4, 0.5) is 5.69 Å². The lowest BCUT2D eigenvalue weighted by atomic mass is 10.1. The molecule has 0 saturated carbocycles. The molecule has 0 amide bonds. The Bertz CT molecular complexity index is 615. The highest BCUT2D eigenvalue weighted by Gasteiger charge is 2.15. The first kappa shape index (κ1) is 14.3. The molecule has 0 saturated heterocycles. The van der Waals surface area contributed by atoms with E-state index in [4.69, 9.17) is 4.42 Å². The van der Waals surface area contributed by atoms with Gasteiger partial charge in [0.1, 0.15) is 11.5 Å². The van der Waals surface area contributed by atoms with Crippen molar-refractivity contribution in [2.75, 3.05) is 7.05 Å². The molecule has 0 spiro atoms. The summed E-state index contributed by atoms with van der Waals surface area (Å²) in [4.78, 5) is 10.4. The van der Waals surface area contributed by atoms with Crippen LogP contribution in [0.2, 0.25) is 0 Å². The van der Waals surface area contributed by atoms with Gasteiger partial charge in [0.15, 0.2) is 0 Å². The van der Waals surface area contributed by atoms with Crippen molar-refractivity contribution in [2.45, 2.75) is 26.3 Å². The zero-order chi connectivity index (χ0) is 14.7. The highest BCUT2D eigenvalue weighted by molar-refractivity contribution is 5.64. The Morgan fingerprint density at radius 1 is 1.35 bits per heavy atom. The number of aryl methyl sites for hydroxylation is 1. The largest absolute Gasteiger partial charge is 0.459 e. The number of nitro groups is 1. The van der Waals surface area contributed by atoms with Crippen LogP contribution in [0.15, 0.2) is 34.7 Å². The summed E-state index contributed by atoms with van der Waals surface area (Å²) in [6.07, 6.45) is 0.933. The number of nitrogens with zero attached hydrogens (tertiary/aromatic N) is 1. The monoisotopic (exact) mass is 274 g/mol. The summed E-state index contributed by atoms with van der Waals surface area (Å²) in [7, 11) is 1.90. The zero-order valence-electron chi connectivity index (χ0n) is 11.8. The topological polar surface area (TPSA) is 68.3 Å². The van der Waals surface area contributed by atoms with Crippen molar-refractivity contribution in [3.63, 3.8) is 0 Å². The fraction of sp³-hybridized carbons (Fsp3) is 0.333. The number of non-ortho nitro benzene ring substituents is 1. The molecular weight excluding hydrogens is 256 g/mol. The van der Waals surface area contributed by atoms with E-state index < -0.39 is 4.92 Å². The van der Waals surface area contributed by atoms with Crippen molar-refractivity contribution in [3.05, 3.63) is 51.8 Å². The second-order valence-electron chi connectivity index (χ2n) is 4.71. The maximum Gasteiger partial charge on any atom is 0.269 e. The minimum atomic E-state index is -0.390. The molecule has 1 atom stereocenters. The Hall–Kier alpha value is -2.14. The van der Waals surface area contributed by atoms with Crippen LogP contribution < -0.4 is 5.32 Å². The Morgan fingerprint density at radius 3 is 2.65 bits per heavy atom. The molecule has 0 bridgehead atoms. The maximum atomic E-state index is 10.7. The number of hydrogen-bond acceptors (Lipinski definition) is 4. The first-order valence-electron chi connectivity index (χ1n) is 6.59. The summed E-state index contributed by atoms with van der Waals surface area (Å²) in [6, 6.07) is 8.83. The van der Waals surface area contributed by atoms with Crippen molar-refractivity contribution in [1.82, 2.24) is 5.32 Å². The van der Waals surface area contributed by atoms with Crippen molar-refractivity contribution < 1.29 is 9.34 Å². The zero-order valence-corrected chi connectivity index (χ0v) is 11.8. The summed E-state index contributed by atoms with van der Waals surface area (Å²) < 4.78 is 5.86. The van der Waals surface area contributed by atoms with Gasteiger partial charge in [0.25, 0.3) is 5.69 Å². The number of nitrogens with one attached hydrogen (secondary N) is 1. The van der Waals surface area contributed by atoms with Crippen molar-refractivity contribution in [2.24, 2.45) is 0 Å². The average Bonchev–Trinajstić information content (AvgIpc) is 2.89. The summed E-state index contributed by atoms with van der Waals surface area (Å²) in [5, 5.41) is 13.9. The van der Waals surface area contributed by atoms with Gasteiger partial charge in [-0.2, -0.15) is 0 Å². The Balaban J connectivity index is 2.35. The molecular formula is C15H18N2O3. The van der Waals surface area contributed by atoms with Gasteiger partial charge in [0, 0.05) is 17.7 Å². The SMILES string of the molecule is CCC(NC)c1ccc(-c2ccc([N+](=O)[O-])cc2C)o1. The van der Waals surface area contributed by atoms with Crippen molar-refractivity contribution in [3.8, 4) is 11.3 Å². The van der Waals surface area contributed by atoms with Crippen LogP contribution in [-0.2, 0) is 0 Å². The van der Waals surface area contributed by atoms with Crippen LogP contribution in [0.3, 0.4) is 0 Å². The minimum Gasteiger partial charge on any atom is -0.459 e. The second-order valence-corrected chi connectivity index (χ2v) is 4.71. The third kappa shape index (κ3) is 2.72. The standard InChI is InChI=1S/C15H18N2O3/c1-4-13(16-3)15-8-7-14(20-15)12-6-5-11(17(18)19)9-10(12)2/h5-9,13,16H,4H2,1-3H3. The van der Waals surface area contributed by atoms with E-state index in [2.05, 4.69) is 12.2 Å². The molecule has 1 unspecified atom stereocenters. The number of hydrogen-bond donors (Lipinski definition) is 1. The molecule has 1 aromatic carbocycles. The highest BCUT2D eigenvalue weighted by Crippen LogP contribution is 2.30. The fourth-order valence-corrected chi connectivity index (χ4v) is 2.27. The van der Waals surface area contributed by atoms with E-state index in [0.717, 1.165) is 29.1 Å². The van der Waals surface area contributed by atoms with Gasteiger partial charge in [-0.3, -0.25) is 10.1 Å². The van der Waals surface area contributed by atoms with Gasteiger partial charge in [-0.25, -0.2) is 0 Å². The van der Waals surface area contributed by atoms with E-state index in [9.17, 15) is 10.1 Å². The van der Waals surface area contributed by atoms with Gasteiger partial charge in [0.05, 0.1) is 11.0 Å². The Labute approximate surface area is 117 Å². The lowest BCUT2D eigenvalue weighted by Gasteiger charge is -2.10. The first-order valence-corrected chi connectivity index (χ1v) is 6.59.